The molecule has 0 bridgehead atoms. The van der Waals surface area contributed by atoms with Gasteiger partial charge in [-0.3, -0.25) is 13.9 Å². The van der Waals surface area contributed by atoms with Crippen LogP contribution in [0, 0.1) is 6.92 Å². The normalized spacial score (nSPS) is 19.0. The molecule has 13 heteroatoms. The van der Waals surface area contributed by atoms with Gasteiger partial charge in [0.2, 0.25) is 5.88 Å². The van der Waals surface area contributed by atoms with Crippen molar-refractivity contribution in [3.63, 3.8) is 0 Å². The highest BCUT2D eigenvalue weighted by molar-refractivity contribution is 6.36. The topological polar surface area (TPSA) is 145 Å². The first-order valence-corrected chi connectivity index (χ1v) is 16.2. The van der Waals surface area contributed by atoms with Gasteiger partial charge in [0.25, 0.3) is 5.56 Å². The van der Waals surface area contributed by atoms with Crippen molar-refractivity contribution in [2.75, 3.05) is 25.6 Å². The van der Waals surface area contributed by atoms with E-state index in [0.717, 1.165) is 62.9 Å². The number of halogens is 1. The molecule has 48 heavy (non-hydrogen) atoms. The fraction of sp³-hybridized carbons (Fsp3) is 0.343. The first-order valence-electron chi connectivity index (χ1n) is 15.8. The number of rotatable bonds is 7. The van der Waals surface area contributed by atoms with Crippen molar-refractivity contribution in [3.05, 3.63) is 91.3 Å². The molecule has 0 unspecified atom stereocenters. The summed E-state index contributed by atoms with van der Waals surface area (Å²) in [6.07, 6.45) is 3.24. The minimum Gasteiger partial charge on any atom is -0.481 e. The summed E-state index contributed by atoms with van der Waals surface area (Å²) in [4.78, 5) is 39.1. The number of nitrogens with zero attached hydrogens (tertiary/aromatic N) is 5. The van der Waals surface area contributed by atoms with Gasteiger partial charge in [-0.05, 0) is 55.0 Å². The van der Waals surface area contributed by atoms with E-state index in [9.17, 15) is 14.7 Å². The zero-order valence-electron chi connectivity index (χ0n) is 27.1. The number of anilines is 2. The van der Waals surface area contributed by atoms with E-state index in [-0.39, 0.29) is 23.1 Å². The summed E-state index contributed by atoms with van der Waals surface area (Å²) in [6, 6.07) is 13.7. The molecule has 3 atom stereocenters. The number of fused-ring (bicyclic) bond motifs is 2. The van der Waals surface area contributed by atoms with Gasteiger partial charge in [-0.15, -0.1) is 0 Å². The minimum absolute atomic E-state index is 0.0195. The number of nitrogens with one attached hydrogen (secondary N) is 2. The average Bonchev–Trinajstić information content (AvgIpc) is 3.50. The summed E-state index contributed by atoms with van der Waals surface area (Å²) < 4.78 is 13.6. The Balaban J connectivity index is 1.24. The zero-order valence-corrected chi connectivity index (χ0v) is 27.8. The average molecular weight is 670 g/mol. The number of aromatic nitrogens is 5. The van der Waals surface area contributed by atoms with Crippen molar-refractivity contribution >= 4 is 34.1 Å². The number of aryl methyl sites for hydroxylation is 2. The van der Waals surface area contributed by atoms with Crippen LogP contribution in [-0.4, -0.2) is 61.7 Å². The second-order valence-electron chi connectivity index (χ2n) is 12.3. The Kier molecular flexibility index (Phi) is 8.50. The third-order valence-electron chi connectivity index (χ3n) is 9.48. The van der Waals surface area contributed by atoms with Crippen LogP contribution in [0.1, 0.15) is 35.6 Å². The van der Waals surface area contributed by atoms with Gasteiger partial charge >= 0.3 is 5.69 Å². The minimum atomic E-state index is -0.553. The Bertz CT molecular complexity index is 2180. The van der Waals surface area contributed by atoms with Crippen molar-refractivity contribution in [2.45, 2.75) is 44.4 Å². The number of methoxy groups -OCH3 is 1. The maximum atomic E-state index is 13.1. The largest absolute Gasteiger partial charge is 0.481 e. The summed E-state index contributed by atoms with van der Waals surface area (Å²) in [5.74, 6) is 0.841. The maximum absolute atomic E-state index is 13.1. The molecule has 1 aliphatic heterocycles. The third kappa shape index (κ3) is 5.44. The van der Waals surface area contributed by atoms with E-state index in [1.807, 2.05) is 43.3 Å². The van der Waals surface area contributed by atoms with Crippen LogP contribution in [0.25, 0.3) is 33.4 Å². The lowest BCUT2D eigenvalue weighted by Crippen LogP contribution is -2.47. The van der Waals surface area contributed by atoms with Crippen LogP contribution in [0.15, 0.2) is 58.4 Å². The van der Waals surface area contributed by atoms with Crippen LogP contribution >= 0.6 is 11.6 Å². The van der Waals surface area contributed by atoms with E-state index < -0.39 is 17.4 Å². The lowest BCUT2D eigenvalue weighted by atomic mass is 9.96. The van der Waals surface area contributed by atoms with Crippen LogP contribution in [0.4, 0.5) is 11.5 Å². The number of hydrogen-bond acceptors (Lipinski definition) is 10. The summed E-state index contributed by atoms with van der Waals surface area (Å²) in [6.45, 7) is 2.92. The van der Waals surface area contributed by atoms with Gasteiger partial charge in [0.15, 0.2) is 5.65 Å². The Morgan fingerprint density at radius 3 is 2.60 bits per heavy atom. The van der Waals surface area contributed by atoms with Crippen molar-refractivity contribution in [2.24, 2.45) is 14.1 Å². The fourth-order valence-electron chi connectivity index (χ4n) is 6.86. The molecule has 0 amide bonds. The molecule has 0 saturated carbocycles. The molecule has 0 spiro atoms. The molecule has 7 rings (SSSR count). The summed E-state index contributed by atoms with van der Waals surface area (Å²) in [5.41, 5.74) is 6.24. The Morgan fingerprint density at radius 2 is 1.81 bits per heavy atom. The summed E-state index contributed by atoms with van der Waals surface area (Å²) in [7, 11) is 4.63. The molecular weight excluding hydrogens is 634 g/mol. The van der Waals surface area contributed by atoms with Gasteiger partial charge in [0.1, 0.15) is 17.5 Å². The maximum Gasteiger partial charge on any atom is 0.332 e. The molecule has 12 nitrogen and oxygen atoms in total. The van der Waals surface area contributed by atoms with Crippen LogP contribution in [0.3, 0.4) is 0 Å². The molecule has 3 N–H and O–H groups in total. The van der Waals surface area contributed by atoms with Gasteiger partial charge in [0.05, 0.1) is 30.5 Å². The predicted octanol–water partition coefficient (Wildman–Crippen LogP) is 4.20. The highest BCUT2D eigenvalue weighted by Crippen LogP contribution is 2.43. The Morgan fingerprint density at radius 1 is 1.04 bits per heavy atom. The lowest BCUT2D eigenvalue weighted by molar-refractivity contribution is -0.0304. The van der Waals surface area contributed by atoms with Crippen molar-refractivity contribution in [3.8, 4) is 28.3 Å². The SMILES string of the molecule is COc1nc(-c2cccc(-c3cccc(Nc4ncnc5c4c(=O)n(C)c(=O)n5C)c3C)c2Cl)cc2c1[C@@H](N[C@H]1CCOC[C@H]1O)CC2. The van der Waals surface area contributed by atoms with Gasteiger partial charge in [-0.25, -0.2) is 19.7 Å². The Hall–Kier alpha value is -4.62. The molecule has 2 aromatic carbocycles. The molecule has 1 aliphatic carbocycles. The third-order valence-corrected chi connectivity index (χ3v) is 9.89. The fourth-order valence-corrected chi connectivity index (χ4v) is 7.19. The molecule has 1 saturated heterocycles. The van der Waals surface area contributed by atoms with E-state index >= 15 is 0 Å². The molecular formula is C35H36ClN7O5. The predicted molar refractivity (Wildman–Crippen MR) is 184 cm³/mol. The number of aliphatic hydroxyl groups is 1. The van der Waals surface area contributed by atoms with Crippen molar-refractivity contribution < 1.29 is 14.6 Å². The summed E-state index contributed by atoms with van der Waals surface area (Å²) in [5, 5.41) is 18.1. The molecule has 1 fully saturated rings. The van der Waals surface area contributed by atoms with E-state index in [0.29, 0.717) is 35.6 Å². The smallest absolute Gasteiger partial charge is 0.332 e. The molecule has 0 radical (unpaired) electrons. The number of hydrogen-bond donors (Lipinski definition) is 3. The first-order chi connectivity index (χ1) is 23.2. The molecule has 4 heterocycles. The van der Waals surface area contributed by atoms with Gasteiger partial charge in [0, 0.05) is 55.2 Å². The highest BCUT2D eigenvalue weighted by Gasteiger charge is 2.33. The first kappa shape index (κ1) is 32.0. The van der Waals surface area contributed by atoms with Gasteiger partial charge < -0.3 is 25.2 Å². The monoisotopic (exact) mass is 669 g/mol. The lowest BCUT2D eigenvalue weighted by Gasteiger charge is -2.31. The van der Waals surface area contributed by atoms with Gasteiger partial charge in [-0.2, -0.15) is 0 Å². The van der Waals surface area contributed by atoms with Crippen LogP contribution in [0.2, 0.25) is 5.02 Å². The van der Waals surface area contributed by atoms with Crippen molar-refractivity contribution in [1.82, 2.24) is 29.4 Å². The number of ether oxygens (including phenoxy) is 2. The standard InChI is InChI=1S/C35H36ClN7O5/c1-18-20(7-6-10-23(18)40-31-29-32(38-17-37-31)42(2)35(46)43(3)34(29)45)21-8-5-9-22(30(21)36)26-15-19-11-12-25(28(19)33(41-26)47-4)39-24-13-14-48-16-27(24)44/h5-10,15,17,24-25,27,39,44H,11-14,16H2,1-4H3,(H,37,38,40)/t24-,25-,27+/m0/s1. The van der Waals surface area contributed by atoms with E-state index in [2.05, 4.69) is 26.7 Å². The summed E-state index contributed by atoms with van der Waals surface area (Å²) >= 11 is 7.18. The number of aliphatic hydroxyl groups excluding tert-OH is 1. The van der Waals surface area contributed by atoms with Crippen molar-refractivity contribution in [1.29, 1.82) is 0 Å². The second-order valence-corrected chi connectivity index (χ2v) is 12.7. The van der Waals surface area contributed by atoms with E-state index in [1.165, 1.54) is 17.9 Å². The Labute approximate surface area is 281 Å². The quantitative estimate of drug-likeness (QED) is 0.231. The second kappa shape index (κ2) is 12.8. The highest BCUT2D eigenvalue weighted by atomic mass is 35.5. The number of benzene rings is 2. The molecule has 5 aromatic rings. The van der Waals surface area contributed by atoms with Gasteiger partial charge in [-0.1, -0.05) is 41.9 Å². The van der Waals surface area contributed by atoms with E-state index in [1.54, 1.807) is 14.2 Å². The molecule has 2 aliphatic rings. The zero-order chi connectivity index (χ0) is 33.7. The van der Waals surface area contributed by atoms with Crippen LogP contribution in [-0.2, 0) is 25.3 Å². The molecule has 3 aromatic heterocycles. The van der Waals surface area contributed by atoms with E-state index in [4.69, 9.17) is 26.1 Å². The molecule has 248 valence electrons. The van der Waals surface area contributed by atoms with Crippen LogP contribution in [0.5, 0.6) is 5.88 Å². The number of pyridine rings is 1. The van der Waals surface area contributed by atoms with Crippen LogP contribution < -0.4 is 26.6 Å².